The van der Waals surface area contributed by atoms with Crippen LogP contribution in [0.1, 0.15) is 44.9 Å². The van der Waals surface area contributed by atoms with E-state index in [0.29, 0.717) is 32.1 Å². The van der Waals surface area contributed by atoms with Crippen molar-refractivity contribution in [2.75, 3.05) is 25.4 Å². The van der Waals surface area contributed by atoms with Gasteiger partial charge in [-0.25, -0.2) is 17.5 Å². The molecule has 0 bridgehead atoms. The minimum atomic E-state index is -4.17. The van der Waals surface area contributed by atoms with Gasteiger partial charge in [0.05, 0.1) is 30.5 Å². The lowest BCUT2D eigenvalue weighted by Crippen LogP contribution is -2.58. The highest BCUT2D eigenvalue weighted by Gasteiger charge is 2.54. The van der Waals surface area contributed by atoms with Crippen LogP contribution in [0.5, 0.6) is 0 Å². The number of alkyl halides is 1. The number of aliphatic hydroxyl groups is 1. The lowest BCUT2D eigenvalue weighted by atomic mass is 9.63. The molecule has 0 aromatic rings. The molecular formula is C21H31FN4O6S2. The number of rotatable bonds is 7. The van der Waals surface area contributed by atoms with Crippen LogP contribution < -0.4 is 4.72 Å². The third-order valence-electron chi connectivity index (χ3n) is 7.68. The summed E-state index contributed by atoms with van der Waals surface area (Å²) in [7, 11) is -7.61. The molecule has 2 heterocycles. The number of carbonyl (C=O) groups is 1. The summed E-state index contributed by atoms with van der Waals surface area (Å²) in [5.41, 5.74) is 0.958. The lowest BCUT2D eigenvalue weighted by molar-refractivity contribution is -0.119. The Labute approximate surface area is 200 Å². The van der Waals surface area contributed by atoms with E-state index < -0.39 is 56.9 Å². The molecule has 1 amide bonds. The van der Waals surface area contributed by atoms with Crippen LogP contribution in [0.4, 0.5) is 4.39 Å². The minimum absolute atomic E-state index is 0.00560. The summed E-state index contributed by atoms with van der Waals surface area (Å²) < 4.78 is 69.6. The summed E-state index contributed by atoms with van der Waals surface area (Å²) in [6, 6.07) is 0.695. The number of hydrogen-bond donors (Lipinski definition) is 2. The summed E-state index contributed by atoms with van der Waals surface area (Å²) in [5, 5.41) is 19.2. The Hall–Kier alpha value is -1.59. The molecule has 3 fully saturated rings. The average Bonchev–Trinajstić information content (AvgIpc) is 3.36. The standard InChI is InChI=1S/C21H31FN4O6S2/c22-20-17-10-14(16-6-8-25(12-16)33(29,30)9-3-1-2-7-23)4-5-15(17)11-18(27)21(20)26-13-19(28)24-34(26,31)32/h6,14-15,17-18,20-21,27H,1-5,8-13H2,(H,24,28). The average molecular weight is 519 g/mol. The zero-order chi connectivity index (χ0) is 24.7. The number of fused-ring (bicyclic) bond motifs is 1. The number of nitrogens with zero attached hydrogens (tertiary/aromatic N) is 3. The molecule has 2 aliphatic heterocycles. The smallest absolute Gasteiger partial charge is 0.304 e. The second-order valence-electron chi connectivity index (χ2n) is 9.75. The molecule has 4 aliphatic rings. The zero-order valence-corrected chi connectivity index (χ0v) is 20.5. The third-order valence-corrected chi connectivity index (χ3v) is 11.0. The van der Waals surface area contributed by atoms with Gasteiger partial charge in [-0.3, -0.25) is 4.79 Å². The minimum Gasteiger partial charge on any atom is -0.391 e. The quantitative estimate of drug-likeness (QED) is 0.367. The third kappa shape index (κ3) is 5.02. The highest BCUT2D eigenvalue weighted by molar-refractivity contribution is 7.89. The summed E-state index contributed by atoms with van der Waals surface area (Å²) in [6.45, 7) is 0.0446. The van der Waals surface area contributed by atoms with Gasteiger partial charge in [0, 0.05) is 19.5 Å². The van der Waals surface area contributed by atoms with Gasteiger partial charge >= 0.3 is 10.2 Å². The topological polar surface area (TPSA) is 148 Å². The van der Waals surface area contributed by atoms with Crippen LogP contribution in [0.25, 0.3) is 0 Å². The van der Waals surface area contributed by atoms with Crippen molar-refractivity contribution < 1.29 is 31.1 Å². The largest absolute Gasteiger partial charge is 0.391 e. The number of nitrogens with one attached hydrogen (secondary N) is 1. The van der Waals surface area contributed by atoms with Gasteiger partial charge in [0.1, 0.15) is 6.17 Å². The van der Waals surface area contributed by atoms with Gasteiger partial charge in [-0.05, 0) is 56.3 Å². The molecule has 0 aromatic heterocycles. The number of aliphatic hydroxyl groups excluding tert-OH is 1. The molecule has 2 N–H and O–H groups in total. The summed E-state index contributed by atoms with van der Waals surface area (Å²) >= 11 is 0. The maximum Gasteiger partial charge on any atom is 0.304 e. The summed E-state index contributed by atoms with van der Waals surface area (Å²) in [6.07, 6.45) is 2.52. The Morgan fingerprint density at radius 3 is 2.68 bits per heavy atom. The number of sulfonamides is 1. The maximum absolute atomic E-state index is 15.7. The van der Waals surface area contributed by atoms with Crippen molar-refractivity contribution in [2.24, 2.45) is 17.8 Å². The van der Waals surface area contributed by atoms with E-state index in [2.05, 4.69) is 0 Å². The molecule has 10 nitrogen and oxygen atoms in total. The van der Waals surface area contributed by atoms with E-state index >= 15 is 4.39 Å². The predicted molar refractivity (Wildman–Crippen MR) is 120 cm³/mol. The van der Waals surface area contributed by atoms with Crippen molar-refractivity contribution in [3.8, 4) is 6.07 Å². The Kier molecular flexibility index (Phi) is 7.36. The zero-order valence-electron chi connectivity index (χ0n) is 18.8. The molecule has 0 spiro atoms. The van der Waals surface area contributed by atoms with Crippen LogP contribution >= 0.6 is 0 Å². The van der Waals surface area contributed by atoms with E-state index in [0.717, 1.165) is 16.3 Å². The van der Waals surface area contributed by atoms with Crippen LogP contribution in [-0.4, -0.2) is 80.2 Å². The number of carbonyl (C=O) groups excluding carboxylic acids is 1. The van der Waals surface area contributed by atoms with Gasteiger partial charge in [0.2, 0.25) is 15.9 Å². The molecule has 190 valence electrons. The first-order chi connectivity index (χ1) is 16.0. The number of amides is 1. The van der Waals surface area contributed by atoms with Gasteiger partial charge in [-0.2, -0.15) is 22.3 Å². The van der Waals surface area contributed by atoms with Crippen molar-refractivity contribution in [1.29, 1.82) is 5.26 Å². The fraction of sp³-hybridized carbons (Fsp3) is 0.810. The van der Waals surface area contributed by atoms with E-state index in [-0.39, 0.29) is 37.1 Å². The monoisotopic (exact) mass is 518 g/mol. The van der Waals surface area contributed by atoms with Gasteiger partial charge in [-0.1, -0.05) is 11.6 Å². The van der Waals surface area contributed by atoms with Crippen molar-refractivity contribution in [2.45, 2.75) is 63.3 Å². The van der Waals surface area contributed by atoms with Crippen molar-refractivity contribution in [1.82, 2.24) is 13.3 Å². The normalized spacial score (nSPS) is 36.5. The van der Waals surface area contributed by atoms with Gasteiger partial charge in [-0.15, -0.1) is 0 Å². The summed E-state index contributed by atoms with van der Waals surface area (Å²) in [4.78, 5) is 11.6. The Morgan fingerprint density at radius 1 is 1.24 bits per heavy atom. The number of halogens is 1. The number of unbranched alkanes of at least 4 members (excludes halogenated alkanes) is 2. The molecule has 0 radical (unpaired) electrons. The Morgan fingerprint density at radius 2 is 2.00 bits per heavy atom. The van der Waals surface area contributed by atoms with Crippen LogP contribution in [0.3, 0.4) is 0 Å². The van der Waals surface area contributed by atoms with Crippen LogP contribution in [0, 0.1) is 29.1 Å². The second kappa shape index (κ2) is 9.81. The molecule has 4 rings (SSSR count). The number of nitriles is 1. The molecule has 6 atom stereocenters. The molecule has 2 aliphatic carbocycles. The van der Waals surface area contributed by atoms with Crippen molar-refractivity contribution >= 4 is 26.1 Å². The fourth-order valence-electron chi connectivity index (χ4n) is 5.96. The van der Waals surface area contributed by atoms with Gasteiger partial charge < -0.3 is 5.11 Å². The number of hydrogen-bond acceptors (Lipinski definition) is 7. The maximum atomic E-state index is 15.7. The van der Waals surface area contributed by atoms with E-state index in [1.165, 1.54) is 4.31 Å². The van der Waals surface area contributed by atoms with Crippen LogP contribution in [0.2, 0.25) is 0 Å². The lowest BCUT2D eigenvalue weighted by Gasteiger charge is -2.48. The van der Waals surface area contributed by atoms with Crippen molar-refractivity contribution in [3.05, 3.63) is 11.6 Å². The first kappa shape index (κ1) is 25.5. The predicted octanol–water partition coefficient (Wildman–Crippen LogP) is 0.432. The molecule has 0 aromatic carbocycles. The fourth-order valence-corrected chi connectivity index (χ4v) is 8.77. The molecule has 13 heteroatoms. The molecule has 6 unspecified atom stereocenters. The highest BCUT2D eigenvalue weighted by atomic mass is 32.2. The van der Waals surface area contributed by atoms with E-state index in [4.69, 9.17) is 5.26 Å². The summed E-state index contributed by atoms with van der Waals surface area (Å²) in [5.74, 6) is -1.32. The Bertz CT molecular complexity index is 1090. The first-order valence-corrected chi connectivity index (χ1v) is 14.8. The first-order valence-electron chi connectivity index (χ1n) is 11.7. The van der Waals surface area contributed by atoms with Gasteiger partial charge in [0.25, 0.3) is 0 Å². The van der Waals surface area contributed by atoms with Crippen molar-refractivity contribution in [3.63, 3.8) is 0 Å². The molecular weight excluding hydrogens is 487 g/mol. The Balaban J connectivity index is 1.40. The van der Waals surface area contributed by atoms with E-state index in [1.54, 1.807) is 0 Å². The van der Waals surface area contributed by atoms with Crippen LogP contribution in [0.15, 0.2) is 11.6 Å². The van der Waals surface area contributed by atoms with E-state index in [9.17, 15) is 26.7 Å². The SMILES string of the molecule is N#CCCCCS(=O)(=O)N1CC=C(C2CCC3CC(O)C(N4CC(=O)NS4(=O)=O)C(F)C3C2)C1. The van der Waals surface area contributed by atoms with E-state index in [1.807, 2.05) is 16.9 Å². The molecule has 34 heavy (non-hydrogen) atoms. The van der Waals surface area contributed by atoms with Gasteiger partial charge in [0.15, 0.2) is 0 Å². The molecule has 2 saturated carbocycles. The van der Waals surface area contributed by atoms with Crippen LogP contribution in [-0.2, 0) is 25.0 Å². The second-order valence-corrected chi connectivity index (χ2v) is 13.5. The molecule has 1 saturated heterocycles. The highest BCUT2D eigenvalue weighted by Crippen LogP contribution is 2.48.